The first-order chi connectivity index (χ1) is 9.65. The molecule has 100 valence electrons. The van der Waals surface area contributed by atoms with Crippen LogP contribution in [0.1, 0.15) is 0 Å². The number of imidazole rings is 1. The van der Waals surface area contributed by atoms with Crippen LogP contribution in [0.3, 0.4) is 0 Å². The minimum atomic E-state index is 0.723. The fourth-order valence-electron chi connectivity index (χ4n) is 2.17. The zero-order valence-corrected chi connectivity index (χ0v) is 12.4. The van der Waals surface area contributed by atoms with Gasteiger partial charge in [0.2, 0.25) is 0 Å². The lowest BCUT2D eigenvalue weighted by Gasteiger charge is -2.06. The Morgan fingerprint density at radius 2 is 1.30 bits per heavy atom. The van der Waals surface area contributed by atoms with Crippen LogP contribution < -0.4 is 0 Å². The summed E-state index contributed by atoms with van der Waals surface area (Å²) in [6.07, 6.45) is 1.87. The molecule has 0 spiro atoms. The van der Waals surface area contributed by atoms with Crippen molar-refractivity contribution in [2.75, 3.05) is 0 Å². The molecule has 2 aromatic carbocycles. The van der Waals surface area contributed by atoms with Crippen molar-refractivity contribution in [3.8, 4) is 22.6 Å². The van der Waals surface area contributed by atoms with Crippen molar-refractivity contribution in [1.82, 2.24) is 9.55 Å². The van der Waals surface area contributed by atoms with Crippen molar-refractivity contribution >= 4 is 23.2 Å². The number of rotatable bonds is 2. The molecule has 0 aliphatic carbocycles. The number of halogens is 2. The van der Waals surface area contributed by atoms with Gasteiger partial charge in [-0.3, -0.25) is 0 Å². The average Bonchev–Trinajstić information content (AvgIpc) is 2.83. The molecule has 0 atom stereocenters. The van der Waals surface area contributed by atoms with Crippen LogP contribution in [0.25, 0.3) is 22.6 Å². The standard InChI is InChI=1S/C16H12Cl2N2/c1-20-15(11-2-6-13(17)7-3-11)10-19-16(20)12-4-8-14(18)9-5-12/h2-10H,1H3. The van der Waals surface area contributed by atoms with E-state index < -0.39 is 0 Å². The van der Waals surface area contributed by atoms with Crippen molar-refractivity contribution in [3.05, 3.63) is 64.8 Å². The summed E-state index contributed by atoms with van der Waals surface area (Å²) in [5.41, 5.74) is 3.17. The normalized spacial score (nSPS) is 10.8. The lowest BCUT2D eigenvalue weighted by Crippen LogP contribution is -1.95. The van der Waals surface area contributed by atoms with Gasteiger partial charge in [0.1, 0.15) is 5.82 Å². The van der Waals surface area contributed by atoms with Gasteiger partial charge in [-0.1, -0.05) is 35.3 Å². The maximum atomic E-state index is 5.92. The molecule has 2 nitrogen and oxygen atoms in total. The first-order valence-electron chi connectivity index (χ1n) is 6.19. The molecule has 3 aromatic rings. The van der Waals surface area contributed by atoms with Gasteiger partial charge in [-0.2, -0.15) is 0 Å². The topological polar surface area (TPSA) is 17.8 Å². The quantitative estimate of drug-likeness (QED) is 0.647. The van der Waals surface area contributed by atoms with Gasteiger partial charge in [0, 0.05) is 22.7 Å². The highest BCUT2D eigenvalue weighted by Gasteiger charge is 2.10. The van der Waals surface area contributed by atoms with Gasteiger partial charge in [-0.05, 0) is 42.0 Å². The minimum absolute atomic E-state index is 0.723. The third-order valence-corrected chi connectivity index (χ3v) is 3.73. The summed E-state index contributed by atoms with van der Waals surface area (Å²) in [7, 11) is 2.00. The molecule has 0 fully saturated rings. The molecule has 20 heavy (non-hydrogen) atoms. The van der Waals surface area contributed by atoms with Crippen LogP contribution in [0.5, 0.6) is 0 Å². The van der Waals surface area contributed by atoms with Crippen LogP contribution in [0.4, 0.5) is 0 Å². The monoisotopic (exact) mass is 302 g/mol. The molecule has 0 saturated carbocycles. The summed E-state index contributed by atoms with van der Waals surface area (Å²) >= 11 is 11.8. The maximum absolute atomic E-state index is 5.92. The summed E-state index contributed by atoms with van der Waals surface area (Å²) in [6, 6.07) is 15.4. The molecular weight excluding hydrogens is 291 g/mol. The Hall–Kier alpha value is -1.77. The molecule has 0 amide bonds. The third kappa shape index (κ3) is 2.45. The van der Waals surface area contributed by atoms with E-state index in [4.69, 9.17) is 23.2 Å². The Bertz CT molecular complexity index is 665. The summed E-state index contributed by atoms with van der Waals surface area (Å²) in [5, 5.41) is 1.45. The molecule has 4 heteroatoms. The maximum Gasteiger partial charge on any atom is 0.140 e. The van der Waals surface area contributed by atoms with Crippen molar-refractivity contribution < 1.29 is 0 Å². The Morgan fingerprint density at radius 3 is 1.85 bits per heavy atom. The van der Waals surface area contributed by atoms with Crippen molar-refractivity contribution in [3.63, 3.8) is 0 Å². The summed E-state index contributed by atoms with van der Waals surface area (Å²) in [4.78, 5) is 4.50. The van der Waals surface area contributed by atoms with Crippen LogP contribution in [0.2, 0.25) is 10.0 Å². The van der Waals surface area contributed by atoms with E-state index in [-0.39, 0.29) is 0 Å². The van der Waals surface area contributed by atoms with Crippen molar-refractivity contribution in [2.45, 2.75) is 0 Å². The highest BCUT2D eigenvalue weighted by molar-refractivity contribution is 6.30. The summed E-state index contributed by atoms with van der Waals surface area (Å²) in [6.45, 7) is 0. The largest absolute Gasteiger partial charge is 0.327 e. The number of benzene rings is 2. The predicted octanol–water partition coefficient (Wildman–Crippen LogP) is 5.06. The molecule has 0 aliphatic heterocycles. The highest BCUT2D eigenvalue weighted by atomic mass is 35.5. The van der Waals surface area contributed by atoms with Gasteiger partial charge in [0.05, 0.1) is 11.9 Å². The van der Waals surface area contributed by atoms with Crippen LogP contribution in [-0.2, 0) is 7.05 Å². The van der Waals surface area contributed by atoms with Crippen molar-refractivity contribution in [2.24, 2.45) is 7.05 Å². The molecule has 1 aromatic heterocycles. The van der Waals surface area contributed by atoms with E-state index in [1.165, 1.54) is 0 Å². The number of aromatic nitrogens is 2. The fourth-order valence-corrected chi connectivity index (χ4v) is 2.42. The Kier molecular flexibility index (Phi) is 3.51. The van der Waals surface area contributed by atoms with Crippen LogP contribution in [0, 0.1) is 0 Å². The van der Waals surface area contributed by atoms with Gasteiger partial charge in [0.25, 0.3) is 0 Å². The molecule has 0 aliphatic rings. The minimum Gasteiger partial charge on any atom is -0.327 e. The van der Waals surface area contributed by atoms with Crippen LogP contribution >= 0.6 is 23.2 Å². The lowest BCUT2D eigenvalue weighted by atomic mass is 10.1. The molecular formula is C16H12Cl2N2. The molecule has 0 N–H and O–H groups in total. The smallest absolute Gasteiger partial charge is 0.140 e. The van der Waals surface area contributed by atoms with E-state index in [9.17, 15) is 0 Å². The number of hydrogen-bond acceptors (Lipinski definition) is 1. The predicted molar refractivity (Wildman–Crippen MR) is 84.1 cm³/mol. The summed E-state index contributed by atoms with van der Waals surface area (Å²) < 4.78 is 2.06. The Morgan fingerprint density at radius 1 is 0.800 bits per heavy atom. The Balaban J connectivity index is 2.04. The lowest BCUT2D eigenvalue weighted by molar-refractivity contribution is 0.933. The first kappa shape index (κ1) is 13.2. The van der Waals surface area contributed by atoms with Gasteiger partial charge in [-0.25, -0.2) is 4.98 Å². The zero-order valence-electron chi connectivity index (χ0n) is 10.8. The van der Waals surface area contributed by atoms with E-state index in [1.54, 1.807) is 0 Å². The zero-order chi connectivity index (χ0) is 14.1. The van der Waals surface area contributed by atoms with Crippen LogP contribution in [-0.4, -0.2) is 9.55 Å². The molecule has 0 bridgehead atoms. The van der Waals surface area contributed by atoms with Gasteiger partial charge >= 0.3 is 0 Å². The van der Waals surface area contributed by atoms with Crippen molar-refractivity contribution in [1.29, 1.82) is 0 Å². The van der Waals surface area contributed by atoms with Gasteiger partial charge in [0.15, 0.2) is 0 Å². The first-order valence-corrected chi connectivity index (χ1v) is 6.94. The van der Waals surface area contributed by atoms with E-state index >= 15 is 0 Å². The SMILES string of the molecule is Cn1c(-c2ccc(Cl)cc2)cnc1-c1ccc(Cl)cc1. The second-order valence-corrected chi connectivity index (χ2v) is 5.41. The van der Waals surface area contributed by atoms with E-state index in [2.05, 4.69) is 9.55 Å². The van der Waals surface area contributed by atoms with Crippen LogP contribution in [0.15, 0.2) is 54.7 Å². The molecule has 0 unspecified atom stereocenters. The summed E-state index contributed by atoms with van der Waals surface area (Å²) in [5.74, 6) is 0.909. The van der Waals surface area contributed by atoms with E-state index in [0.717, 1.165) is 32.7 Å². The van der Waals surface area contributed by atoms with Gasteiger partial charge in [-0.15, -0.1) is 0 Å². The van der Waals surface area contributed by atoms with E-state index in [0.29, 0.717) is 0 Å². The Labute approximate surface area is 127 Å². The average molecular weight is 303 g/mol. The molecule has 3 rings (SSSR count). The molecule has 1 heterocycles. The molecule has 0 radical (unpaired) electrons. The second-order valence-electron chi connectivity index (χ2n) is 4.54. The highest BCUT2D eigenvalue weighted by Crippen LogP contribution is 2.27. The third-order valence-electron chi connectivity index (χ3n) is 3.23. The number of hydrogen-bond donors (Lipinski definition) is 0. The fraction of sp³-hybridized carbons (Fsp3) is 0.0625. The van der Waals surface area contributed by atoms with E-state index in [1.807, 2.05) is 61.8 Å². The second kappa shape index (κ2) is 5.31. The van der Waals surface area contributed by atoms with Gasteiger partial charge < -0.3 is 4.57 Å². The number of nitrogens with zero attached hydrogens (tertiary/aromatic N) is 2. The molecule has 0 saturated heterocycles.